The predicted octanol–water partition coefficient (Wildman–Crippen LogP) is -1.45. The lowest BCUT2D eigenvalue weighted by atomic mass is 10.3. The molecule has 0 fully saturated rings. The Bertz CT molecular complexity index is 174. The molecule has 1 unspecified atom stereocenters. The number of nitrogens with zero attached hydrogens (tertiary/aromatic N) is 1. The van der Waals surface area contributed by atoms with Gasteiger partial charge in [-0.3, -0.25) is 5.84 Å². The van der Waals surface area contributed by atoms with E-state index in [4.69, 9.17) is 30.9 Å². The molecule has 0 rings (SSSR count). The molecule has 0 spiro atoms. The van der Waals surface area contributed by atoms with Crippen molar-refractivity contribution >= 4 is 0 Å². The zero-order valence-electron chi connectivity index (χ0n) is 11.2. The molecule has 0 amide bonds. The van der Waals surface area contributed by atoms with Crippen LogP contribution >= 0.6 is 0 Å². The molecular weight excluding hydrogens is 238 g/mol. The van der Waals surface area contributed by atoms with Crippen molar-refractivity contribution in [2.75, 3.05) is 59.3 Å². The van der Waals surface area contributed by atoms with Crippen LogP contribution in [0.1, 0.15) is 6.92 Å². The zero-order valence-corrected chi connectivity index (χ0v) is 11.2. The Labute approximate surface area is 109 Å². The third-order valence-electron chi connectivity index (χ3n) is 2.17. The van der Waals surface area contributed by atoms with Crippen molar-refractivity contribution in [2.45, 2.75) is 13.0 Å². The normalized spacial score (nSPS) is 13.2. The molecule has 0 aliphatic rings. The molecule has 0 aromatic rings. The van der Waals surface area contributed by atoms with Gasteiger partial charge in [0.1, 0.15) is 0 Å². The second-order valence-corrected chi connectivity index (χ2v) is 3.86. The van der Waals surface area contributed by atoms with E-state index in [1.165, 1.54) is 5.01 Å². The van der Waals surface area contributed by atoms with E-state index in [0.717, 1.165) is 0 Å². The summed E-state index contributed by atoms with van der Waals surface area (Å²) in [5, 5.41) is 10.3. The first-order chi connectivity index (χ1) is 8.70. The maximum absolute atomic E-state index is 8.75. The van der Waals surface area contributed by atoms with Gasteiger partial charge in [-0.2, -0.15) is 0 Å². The average molecular weight is 265 g/mol. The summed E-state index contributed by atoms with van der Waals surface area (Å²) < 4.78 is 15.7. The van der Waals surface area contributed by atoms with Gasteiger partial charge in [0.2, 0.25) is 0 Å². The monoisotopic (exact) mass is 265 g/mol. The minimum Gasteiger partial charge on any atom is -0.395 e. The highest BCUT2D eigenvalue weighted by molar-refractivity contribution is 4.62. The van der Waals surface area contributed by atoms with Crippen molar-refractivity contribution in [3.8, 4) is 0 Å². The summed E-state index contributed by atoms with van der Waals surface area (Å²) >= 11 is 0. The molecule has 5 N–H and O–H groups in total. The molecule has 0 radical (unpaired) electrons. The molecule has 0 bridgehead atoms. The molecule has 0 saturated heterocycles. The first-order valence-electron chi connectivity index (χ1n) is 6.30. The first kappa shape index (κ1) is 17.7. The minimum atomic E-state index is -0.308. The van der Waals surface area contributed by atoms with Crippen molar-refractivity contribution in [1.82, 2.24) is 5.01 Å². The summed E-state index contributed by atoms with van der Waals surface area (Å²) in [6.45, 7) is 6.42. The largest absolute Gasteiger partial charge is 0.395 e. The number of hydrogen-bond donors (Lipinski definition) is 3. The first-order valence-corrected chi connectivity index (χ1v) is 6.30. The van der Waals surface area contributed by atoms with Crippen LogP contribution in [0.2, 0.25) is 0 Å². The molecule has 7 nitrogen and oxygen atoms in total. The second kappa shape index (κ2) is 13.2. The van der Waals surface area contributed by atoms with Crippen LogP contribution < -0.4 is 11.6 Å². The molecule has 1 atom stereocenters. The van der Waals surface area contributed by atoms with E-state index < -0.39 is 0 Å². The lowest BCUT2D eigenvalue weighted by Gasteiger charge is -2.19. The summed E-state index contributed by atoms with van der Waals surface area (Å²) in [6.07, 6.45) is 0. The van der Waals surface area contributed by atoms with Crippen LogP contribution in [0.3, 0.4) is 0 Å². The van der Waals surface area contributed by atoms with Crippen molar-refractivity contribution in [3.63, 3.8) is 0 Å². The second-order valence-electron chi connectivity index (χ2n) is 3.86. The third kappa shape index (κ3) is 12.2. The fourth-order valence-electron chi connectivity index (χ4n) is 1.22. The van der Waals surface area contributed by atoms with Crippen LogP contribution in [0, 0.1) is 0 Å². The Morgan fingerprint density at radius 2 is 1.61 bits per heavy atom. The molecule has 0 aromatic carbocycles. The number of ether oxygens (including phenoxy) is 3. The summed E-state index contributed by atoms with van der Waals surface area (Å²) in [6, 6.07) is -0.308. The van der Waals surface area contributed by atoms with E-state index in [9.17, 15) is 0 Å². The van der Waals surface area contributed by atoms with Crippen molar-refractivity contribution < 1.29 is 19.3 Å². The van der Waals surface area contributed by atoms with Crippen LogP contribution in [0.4, 0.5) is 0 Å². The molecule has 110 valence electrons. The van der Waals surface area contributed by atoms with E-state index in [-0.39, 0.29) is 12.6 Å². The van der Waals surface area contributed by atoms with Gasteiger partial charge in [-0.1, -0.05) is 0 Å². The molecule has 0 aliphatic heterocycles. The van der Waals surface area contributed by atoms with Crippen LogP contribution in [0.5, 0.6) is 0 Å². The van der Waals surface area contributed by atoms with Crippen molar-refractivity contribution in [3.05, 3.63) is 0 Å². The Morgan fingerprint density at radius 1 is 1.06 bits per heavy atom. The van der Waals surface area contributed by atoms with Gasteiger partial charge in [0.05, 0.1) is 39.6 Å². The fourth-order valence-corrected chi connectivity index (χ4v) is 1.22. The van der Waals surface area contributed by atoms with Gasteiger partial charge in [0, 0.05) is 25.7 Å². The third-order valence-corrected chi connectivity index (χ3v) is 2.17. The van der Waals surface area contributed by atoms with Gasteiger partial charge >= 0.3 is 0 Å². The standard InChI is InChI=1S/C11H27N3O4/c1-2-16-5-6-18-8-7-17-4-3-14(13)9-11(12)10-15/h11,15H,2-10,12-13H2,1H3. The van der Waals surface area contributed by atoms with E-state index in [0.29, 0.717) is 52.7 Å². The number of nitrogens with two attached hydrogens (primary N) is 2. The Kier molecular flexibility index (Phi) is 13.0. The number of aliphatic hydroxyl groups excluding tert-OH is 1. The van der Waals surface area contributed by atoms with Crippen LogP contribution in [-0.2, 0) is 14.2 Å². The zero-order chi connectivity index (χ0) is 13.6. The number of hydrogen-bond acceptors (Lipinski definition) is 7. The minimum absolute atomic E-state index is 0.0672. The molecule has 0 saturated carbocycles. The van der Waals surface area contributed by atoms with Crippen molar-refractivity contribution in [1.29, 1.82) is 0 Å². The van der Waals surface area contributed by atoms with Crippen LogP contribution in [0.25, 0.3) is 0 Å². The molecule has 0 heterocycles. The van der Waals surface area contributed by atoms with E-state index in [2.05, 4.69) is 0 Å². The average Bonchev–Trinajstić information content (AvgIpc) is 2.36. The lowest BCUT2D eigenvalue weighted by molar-refractivity contribution is 0.0121. The van der Waals surface area contributed by atoms with Gasteiger partial charge in [-0.25, -0.2) is 5.01 Å². The highest BCUT2D eigenvalue weighted by atomic mass is 16.5. The lowest BCUT2D eigenvalue weighted by Crippen LogP contribution is -2.44. The predicted molar refractivity (Wildman–Crippen MR) is 69.0 cm³/mol. The number of aliphatic hydroxyl groups is 1. The molecule has 0 aromatic heterocycles. The fraction of sp³-hybridized carbons (Fsp3) is 1.00. The number of rotatable bonds is 13. The van der Waals surface area contributed by atoms with E-state index in [1.54, 1.807) is 0 Å². The smallest absolute Gasteiger partial charge is 0.0701 e. The Hall–Kier alpha value is -0.280. The molecule has 7 heteroatoms. The maximum Gasteiger partial charge on any atom is 0.0701 e. The Morgan fingerprint density at radius 3 is 2.17 bits per heavy atom. The SMILES string of the molecule is CCOCCOCCOCCN(N)CC(N)CO. The maximum atomic E-state index is 8.75. The van der Waals surface area contributed by atoms with E-state index in [1.807, 2.05) is 6.92 Å². The highest BCUT2D eigenvalue weighted by Crippen LogP contribution is 1.85. The summed E-state index contributed by atoms with van der Waals surface area (Å²) in [5.74, 6) is 5.66. The Balaban J connectivity index is 3.15. The van der Waals surface area contributed by atoms with Crippen LogP contribution in [-0.4, -0.2) is 75.5 Å². The van der Waals surface area contributed by atoms with E-state index >= 15 is 0 Å². The van der Waals surface area contributed by atoms with Gasteiger partial charge in [-0.05, 0) is 6.92 Å². The van der Waals surface area contributed by atoms with Gasteiger partial charge in [0.25, 0.3) is 0 Å². The molecule has 18 heavy (non-hydrogen) atoms. The number of hydrazine groups is 1. The highest BCUT2D eigenvalue weighted by Gasteiger charge is 2.05. The quantitative estimate of drug-likeness (QED) is 0.213. The summed E-state index contributed by atoms with van der Waals surface area (Å²) in [5.41, 5.74) is 5.54. The van der Waals surface area contributed by atoms with Crippen molar-refractivity contribution in [2.24, 2.45) is 11.6 Å². The molecule has 0 aliphatic carbocycles. The van der Waals surface area contributed by atoms with Crippen LogP contribution in [0.15, 0.2) is 0 Å². The van der Waals surface area contributed by atoms with Gasteiger partial charge in [-0.15, -0.1) is 0 Å². The summed E-state index contributed by atoms with van der Waals surface area (Å²) in [4.78, 5) is 0. The summed E-state index contributed by atoms with van der Waals surface area (Å²) in [7, 11) is 0. The van der Waals surface area contributed by atoms with Gasteiger partial charge in [0.15, 0.2) is 0 Å². The molecular formula is C11H27N3O4. The van der Waals surface area contributed by atoms with Gasteiger partial charge < -0.3 is 25.1 Å². The topological polar surface area (TPSA) is 103 Å².